The normalized spacial score (nSPS) is 23.8. The van der Waals surface area contributed by atoms with Crippen LogP contribution in [0.3, 0.4) is 0 Å². The molecule has 1 aliphatic heterocycles. The van der Waals surface area contributed by atoms with Gasteiger partial charge in [-0.05, 0) is 44.5 Å². The van der Waals surface area contributed by atoms with E-state index in [0.717, 1.165) is 0 Å². The molecule has 1 fully saturated rings. The largest absolute Gasteiger partial charge is 0.486 e. The van der Waals surface area contributed by atoms with E-state index in [0.29, 0.717) is 36.5 Å². The van der Waals surface area contributed by atoms with Crippen LogP contribution in [0.4, 0.5) is 0 Å². The van der Waals surface area contributed by atoms with Crippen LogP contribution in [-0.4, -0.2) is 45.7 Å². The van der Waals surface area contributed by atoms with Crippen LogP contribution >= 0.6 is 0 Å². The predicted octanol–water partition coefficient (Wildman–Crippen LogP) is 2.43. The molecule has 1 saturated heterocycles. The highest BCUT2D eigenvalue weighted by atomic mass is 16.5. The molecular weight excluding hydrogens is 304 g/mol. The summed E-state index contributed by atoms with van der Waals surface area (Å²) in [5.41, 5.74) is 0.328. The second-order valence-corrected chi connectivity index (χ2v) is 6.41. The second-order valence-electron chi connectivity index (χ2n) is 6.41. The molecule has 2 aromatic rings. The summed E-state index contributed by atoms with van der Waals surface area (Å²) in [4.78, 5) is 18.7. The maximum atomic E-state index is 12.8. The molecule has 0 aliphatic carbocycles. The highest BCUT2D eigenvalue weighted by Crippen LogP contribution is 2.27. The highest BCUT2D eigenvalue weighted by Gasteiger charge is 2.41. The Balaban J connectivity index is 1.78. The fraction of sp³-hybridized carbons (Fsp3) is 0.368. The van der Waals surface area contributed by atoms with Crippen LogP contribution in [0.25, 0.3) is 0 Å². The molecule has 3 rings (SSSR count). The molecule has 0 bridgehead atoms. The number of rotatable bonds is 3. The third-order valence-corrected chi connectivity index (χ3v) is 4.51. The van der Waals surface area contributed by atoms with E-state index in [2.05, 4.69) is 4.98 Å². The number of hydrogen-bond acceptors (Lipinski definition) is 4. The monoisotopic (exact) mass is 326 g/mol. The summed E-state index contributed by atoms with van der Waals surface area (Å²) in [6.07, 6.45) is 1.67. The summed E-state index contributed by atoms with van der Waals surface area (Å²) in [5.74, 6) is 0.618. The third-order valence-electron chi connectivity index (χ3n) is 4.51. The van der Waals surface area contributed by atoms with Gasteiger partial charge in [0, 0.05) is 18.4 Å². The fourth-order valence-electron chi connectivity index (χ4n) is 2.90. The molecule has 5 nitrogen and oxygen atoms in total. The lowest BCUT2D eigenvalue weighted by Gasteiger charge is -2.42. The first-order valence-electron chi connectivity index (χ1n) is 8.12. The molecule has 2 atom stereocenters. The molecule has 2 heterocycles. The molecule has 5 heteroatoms. The number of para-hydroxylation sites is 1. The third kappa shape index (κ3) is 3.41. The van der Waals surface area contributed by atoms with Gasteiger partial charge in [-0.3, -0.25) is 9.78 Å². The van der Waals surface area contributed by atoms with Crippen molar-refractivity contribution in [3.8, 4) is 5.75 Å². The van der Waals surface area contributed by atoms with Crippen molar-refractivity contribution in [2.45, 2.75) is 32.0 Å². The Labute approximate surface area is 141 Å². The van der Waals surface area contributed by atoms with Gasteiger partial charge in [-0.2, -0.15) is 0 Å². The van der Waals surface area contributed by atoms with Crippen LogP contribution in [0.5, 0.6) is 5.75 Å². The molecule has 1 aromatic heterocycles. The SMILES string of the molecule is Cc1ncccc1C(=O)N1CC[C@@](C)(O)[C@H](Oc2ccccc2)C1. The molecule has 24 heavy (non-hydrogen) atoms. The van der Waals surface area contributed by atoms with Gasteiger partial charge < -0.3 is 14.7 Å². The van der Waals surface area contributed by atoms with Crippen molar-refractivity contribution < 1.29 is 14.6 Å². The van der Waals surface area contributed by atoms with E-state index in [1.54, 1.807) is 30.2 Å². The van der Waals surface area contributed by atoms with Crippen molar-refractivity contribution in [3.63, 3.8) is 0 Å². The van der Waals surface area contributed by atoms with Gasteiger partial charge in [0.1, 0.15) is 17.5 Å². The molecule has 0 radical (unpaired) electrons. The zero-order valence-electron chi connectivity index (χ0n) is 14.0. The number of likely N-dealkylation sites (tertiary alicyclic amines) is 1. The van der Waals surface area contributed by atoms with Gasteiger partial charge in [-0.1, -0.05) is 18.2 Å². The Morgan fingerprint density at radius 2 is 2.04 bits per heavy atom. The number of ether oxygens (including phenoxy) is 1. The number of pyridine rings is 1. The number of aromatic nitrogens is 1. The lowest BCUT2D eigenvalue weighted by Crippen LogP contribution is -2.57. The summed E-state index contributed by atoms with van der Waals surface area (Å²) in [6, 6.07) is 12.9. The standard InChI is InChI=1S/C19H22N2O3/c1-14-16(9-6-11-20-14)18(22)21-12-10-19(2,23)17(13-21)24-15-7-4-3-5-8-15/h3-9,11,17,23H,10,12-13H2,1-2H3/t17-,19-/m1/s1. The second kappa shape index (κ2) is 6.61. The van der Waals surface area contributed by atoms with Crippen LogP contribution in [0, 0.1) is 6.92 Å². The average molecular weight is 326 g/mol. The summed E-state index contributed by atoms with van der Waals surface area (Å²) in [6.45, 7) is 4.42. The summed E-state index contributed by atoms with van der Waals surface area (Å²) in [7, 11) is 0. The van der Waals surface area contributed by atoms with Crippen LogP contribution in [-0.2, 0) is 0 Å². The number of nitrogens with zero attached hydrogens (tertiary/aromatic N) is 2. The molecule has 1 aromatic carbocycles. The number of carbonyl (C=O) groups excluding carboxylic acids is 1. The van der Waals surface area contributed by atoms with E-state index in [1.807, 2.05) is 37.3 Å². The van der Waals surface area contributed by atoms with E-state index in [1.165, 1.54) is 0 Å². The lowest BCUT2D eigenvalue weighted by molar-refractivity contribution is -0.0881. The number of hydrogen-bond donors (Lipinski definition) is 1. The minimum Gasteiger partial charge on any atom is -0.486 e. The first kappa shape index (κ1) is 16.5. The topological polar surface area (TPSA) is 62.7 Å². The number of piperidine rings is 1. The van der Waals surface area contributed by atoms with Gasteiger partial charge in [0.2, 0.25) is 0 Å². The Kier molecular flexibility index (Phi) is 4.53. The molecule has 1 aliphatic rings. The maximum absolute atomic E-state index is 12.8. The zero-order valence-corrected chi connectivity index (χ0v) is 14.0. The van der Waals surface area contributed by atoms with Gasteiger partial charge in [-0.25, -0.2) is 0 Å². The van der Waals surface area contributed by atoms with E-state index < -0.39 is 11.7 Å². The van der Waals surface area contributed by atoms with Gasteiger partial charge in [0.15, 0.2) is 0 Å². The number of aryl methyl sites for hydroxylation is 1. The minimum atomic E-state index is -0.976. The minimum absolute atomic E-state index is 0.0715. The van der Waals surface area contributed by atoms with Crippen molar-refractivity contribution in [3.05, 3.63) is 59.9 Å². The Hall–Kier alpha value is -2.40. The smallest absolute Gasteiger partial charge is 0.255 e. The van der Waals surface area contributed by atoms with Crippen molar-refractivity contribution in [2.24, 2.45) is 0 Å². The highest BCUT2D eigenvalue weighted by molar-refractivity contribution is 5.95. The average Bonchev–Trinajstić information content (AvgIpc) is 2.57. The molecular formula is C19H22N2O3. The first-order chi connectivity index (χ1) is 11.5. The summed E-state index contributed by atoms with van der Waals surface area (Å²) in [5, 5.41) is 10.6. The Bertz CT molecular complexity index is 716. The van der Waals surface area contributed by atoms with Crippen LogP contribution in [0.2, 0.25) is 0 Å². The summed E-state index contributed by atoms with van der Waals surface area (Å²) < 4.78 is 5.96. The van der Waals surface area contributed by atoms with Crippen LogP contribution in [0.15, 0.2) is 48.7 Å². The van der Waals surface area contributed by atoms with Crippen LogP contribution < -0.4 is 4.74 Å². The van der Waals surface area contributed by atoms with Crippen LogP contribution in [0.1, 0.15) is 29.4 Å². The summed E-state index contributed by atoms with van der Waals surface area (Å²) >= 11 is 0. The molecule has 0 unspecified atom stereocenters. The van der Waals surface area contributed by atoms with Crippen molar-refractivity contribution in [1.82, 2.24) is 9.88 Å². The Morgan fingerprint density at radius 1 is 1.29 bits per heavy atom. The number of benzene rings is 1. The maximum Gasteiger partial charge on any atom is 0.255 e. The van der Waals surface area contributed by atoms with E-state index in [-0.39, 0.29) is 5.91 Å². The van der Waals surface area contributed by atoms with Crippen molar-refractivity contribution >= 4 is 5.91 Å². The number of amides is 1. The predicted molar refractivity (Wildman–Crippen MR) is 91.0 cm³/mol. The van der Waals surface area contributed by atoms with E-state index in [9.17, 15) is 9.90 Å². The van der Waals surface area contributed by atoms with Crippen molar-refractivity contribution in [2.75, 3.05) is 13.1 Å². The molecule has 1 N–H and O–H groups in total. The van der Waals surface area contributed by atoms with E-state index >= 15 is 0 Å². The molecule has 1 amide bonds. The first-order valence-corrected chi connectivity index (χ1v) is 8.12. The van der Waals surface area contributed by atoms with Gasteiger partial charge in [0.05, 0.1) is 12.1 Å². The fourth-order valence-corrected chi connectivity index (χ4v) is 2.90. The molecule has 0 spiro atoms. The van der Waals surface area contributed by atoms with E-state index in [4.69, 9.17) is 4.74 Å². The molecule has 0 saturated carbocycles. The van der Waals surface area contributed by atoms with Crippen molar-refractivity contribution in [1.29, 1.82) is 0 Å². The quantitative estimate of drug-likeness (QED) is 0.941. The number of aliphatic hydroxyl groups is 1. The van der Waals surface area contributed by atoms with Gasteiger partial charge in [-0.15, -0.1) is 0 Å². The van der Waals surface area contributed by atoms with Gasteiger partial charge >= 0.3 is 0 Å². The molecule has 126 valence electrons. The zero-order chi connectivity index (χ0) is 17.2. The Morgan fingerprint density at radius 3 is 2.75 bits per heavy atom. The lowest BCUT2D eigenvalue weighted by atomic mass is 9.90. The number of carbonyl (C=O) groups is 1. The van der Waals surface area contributed by atoms with Gasteiger partial charge in [0.25, 0.3) is 5.91 Å².